The number of aromatic nitrogens is 1. The Bertz CT molecular complexity index is 1120. The van der Waals surface area contributed by atoms with Gasteiger partial charge in [-0.25, -0.2) is 13.2 Å². The highest BCUT2D eigenvalue weighted by Crippen LogP contribution is 2.35. The molecule has 3 aromatic rings. The van der Waals surface area contributed by atoms with E-state index in [9.17, 15) is 27.9 Å². The number of carboxylic acid groups (broad SMARTS) is 1. The molecule has 0 fully saturated rings. The lowest BCUT2D eigenvalue weighted by molar-refractivity contribution is -0.136. The topological polar surface area (TPSA) is 79.5 Å². The summed E-state index contributed by atoms with van der Waals surface area (Å²) in [7, 11) is 0. The maximum absolute atomic E-state index is 14.5. The lowest BCUT2D eigenvalue weighted by Gasteiger charge is -2.08. The minimum absolute atomic E-state index is 0.0247. The van der Waals surface area contributed by atoms with Gasteiger partial charge in [0.2, 0.25) is 0 Å². The summed E-state index contributed by atoms with van der Waals surface area (Å²) in [6.07, 6.45) is -0.667. The Labute approximate surface area is 155 Å². The largest absolute Gasteiger partial charge is 0.503 e. The molecule has 140 valence electrons. The predicted octanol–water partition coefficient (Wildman–Crippen LogP) is 4.04. The second kappa shape index (κ2) is 6.62. The summed E-state index contributed by atoms with van der Waals surface area (Å²) in [4.78, 5) is 24.0. The fourth-order valence-electron chi connectivity index (χ4n) is 2.94. The van der Waals surface area contributed by atoms with Crippen molar-refractivity contribution in [2.24, 2.45) is 0 Å². The van der Waals surface area contributed by atoms with E-state index in [0.29, 0.717) is 0 Å². The second-order valence-corrected chi connectivity index (χ2v) is 6.23. The smallest absolute Gasteiger partial charge is 0.307 e. The number of halogens is 4. The number of phenols is 1. The Morgan fingerprint density at radius 3 is 2.41 bits per heavy atom. The Kier molecular flexibility index (Phi) is 4.61. The fourth-order valence-corrected chi connectivity index (χ4v) is 3.06. The van der Waals surface area contributed by atoms with E-state index in [1.165, 1.54) is 13.0 Å². The number of carboxylic acids is 1. The summed E-state index contributed by atoms with van der Waals surface area (Å²) in [5.41, 5.74) is -0.519. The molecular formula is C18H11ClF3NO4. The monoisotopic (exact) mass is 397 g/mol. The third kappa shape index (κ3) is 3.02. The van der Waals surface area contributed by atoms with Crippen LogP contribution in [0.3, 0.4) is 0 Å². The number of nitrogens with zero attached hydrogens (tertiary/aromatic N) is 1. The van der Waals surface area contributed by atoms with Crippen LogP contribution in [0.15, 0.2) is 24.3 Å². The Balaban J connectivity index is 2.35. The van der Waals surface area contributed by atoms with Crippen molar-refractivity contribution in [1.82, 2.24) is 4.57 Å². The highest BCUT2D eigenvalue weighted by molar-refractivity contribution is 6.30. The first-order valence-electron chi connectivity index (χ1n) is 7.55. The molecule has 0 atom stereocenters. The van der Waals surface area contributed by atoms with Crippen molar-refractivity contribution in [3.8, 4) is 5.75 Å². The summed E-state index contributed by atoms with van der Waals surface area (Å²) >= 11 is 5.59. The molecule has 1 aromatic heterocycles. The van der Waals surface area contributed by atoms with Crippen LogP contribution < -0.4 is 0 Å². The van der Waals surface area contributed by atoms with Crippen LogP contribution in [0.2, 0.25) is 5.02 Å². The number of aromatic hydroxyl groups is 1. The van der Waals surface area contributed by atoms with Gasteiger partial charge in [-0.2, -0.15) is 0 Å². The molecule has 0 amide bonds. The number of hydrogen-bond donors (Lipinski definition) is 2. The van der Waals surface area contributed by atoms with Crippen molar-refractivity contribution in [2.45, 2.75) is 13.3 Å². The second-order valence-electron chi connectivity index (χ2n) is 5.82. The molecule has 1 heterocycles. The molecule has 0 unspecified atom stereocenters. The van der Waals surface area contributed by atoms with Crippen LogP contribution in [0, 0.1) is 24.4 Å². The summed E-state index contributed by atoms with van der Waals surface area (Å²) in [6, 6.07) is 3.95. The van der Waals surface area contributed by atoms with Crippen molar-refractivity contribution < 1.29 is 33.0 Å². The van der Waals surface area contributed by atoms with Gasteiger partial charge in [0, 0.05) is 22.7 Å². The molecule has 2 aromatic carbocycles. The normalized spacial score (nSPS) is 11.1. The SMILES string of the molecule is Cc1c(CC(=O)O)c2c(F)c(O)c(F)cc2n1C(=O)c1ccc(Cl)c(F)c1. The first kappa shape index (κ1) is 18.8. The molecule has 0 bridgehead atoms. The number of carbonyl (C=O) groups excluding carboxylic acids is 1. The third-order valence-corrected chi connectivity index (χ3v) is 4.49. The van der Waals surface area contributed by atoms with E-state index in [0.717, 1.165) is 22.8 Å². The van der Waals surface area contributed by atoms with Crippen molar-refractivity contribution in [3.05, 3.63) is 63.6 Å². The molecule has 0 aliphatic rings. The molecule has 0 aliphatic heterocycles. The molecule has 3 rings (SSSR count). The van der Waals surface area contributed by atoms with Crippen LogP contribution in [0.1, 0.15) is 21.6 Å². The van der Waals surface area contributed by atoms with Crippen molar-refractivity contribution in [2.75, 3.05) is 0 Å². The maximum Gasteiger partial charge on any atom is 0.307 e. The van der Waals surface area contributed by atoms with Gasteiger partial charge in [0.25, 0.3) is 5.91 Å². The molecule has 5 nitrogen and oxygen atoms in total. The molecule has 0 spiro atoms. The van der Waals surface area contributed by atoms with Gasteiger partial charge in [0.1, 0.15) is 5.82 Å². The summed E-state index contributed by atoms with van der Waals surface area (Å²) < 4.78 is 42.9. The van der Waals surface area contributed by atoms with Crippen molar-refractivity contribution >= 4 is 34.4 Å². The standard InChI is InChI=1S/C18H11ClF3NO4/c1-7-9(5-14(24)25)15-13(6-12(21)17(26)16(15)22)23(7)18(27)8-2-3-10(19)11(20)4-8/h2-4,6,26H,5H2,1H3,(H,24,25). The minimum atomic E-state index is -1.38. The third-order valence-electron chi connectivity index (χ3n) is 4.19. The van der Waals surface area contributed by atoms with Gasteiger partial charge >= 0.3 is 5.97 Å². The first-order chi connectivity index (χ1) is 12.6. The maximum atomic E-state index is 14.5. The van der Waals surface area contributed by atoms with Gasteiger partial charge in [-0.1, -0.05) is 11.6 Å². The van der Waals surface area contributed by atoms with E-state index in [2.05, 4.69) is 0 Å². The zero-order chi connectivity index (χ0) is 20.0. The lowest BCUT2D eigenvalue weighted by atomic mass is 10.1. The quantitative estimate of drug-likeness (QED) is 0.699. The average molecular weight is 398 g/mol. The van der Waals surface area contributed by atoms with Gasteiger partial charge < -0.3 is 10.2 Å². The van der Waals surface area contributed by atoms with E-state index in [-0.39, 0.29) is 27.4 Å². The van der Waals surface area contributed by atoms with Crippen LogP contribution in [0.4, 0.5) is 13.2 Å². The van der Waals surface area contributed by atoms with E-state index in [4.69, 9.17) is 16.7 Å². The highest BCUT2D eigenvalue weighted by Gasteiger charge is 2.27. The molecule has 0 saturated heterocycles. The number of carbonyl (C=O) groups is 2. The van der Waals surface area contributed by atoms with Gasteiger partial charge in [0.15, 0.2) is 17.4 Å². The van der Waals surface area contributed by atoms with E-state index in [1.54, 1.807) is 0 Å². The summed E-state index contributed by atoms with van der Waals surface area (Å²) in [6.45, 7) is 1.34. The molecule has 9 heteroatoms. The number of phenolic OH excluding ortho intramolecular Hbond substituents is 1. The summed E-state index contributed by atoms with van der Waals surface area (Å²) in [5.74, 6) is -7.00. The van der Waals surface area contributed by atoms with E-state index in [1.807, 2.05) is 0 Å². The van der Waals surface area contributed by atoms with Gasteiger partial charge in [-0.05, 0) is 30.7 Å². The van der Waals surface area contributed by atoms with Crippen LogP contribution in [-0.4, -0.2) is 26.7 Å². The van der Waals surface area contributed by atoms with Crippen LogP contribution in [-0.2, 0) is 11.2 Å². The number of benzene rings is 2. The zero-order valence-electron chi connectivity index (χ0n) is 13.7. The highest BCUT2D eigenvalue weighted by atomic mass is 35.5. The van der Waals surface area contributed by atoms with Crippen molar-refractivity contribution in [1.29, 1.82) is 0 Å². The first-order valence-corrected chi connectivity index (χ1v) is 7.93. The van der Waals surface area contributed by atoms with Gasteiger partial charge in [0.05, 0.1) is 17.0 Å². The number of hydrogen-bond acceptors (Lipinski definition) is 3. The minimum Gasteiger partial charge on any atom is -0.503 e. The molecule has 27 heavy (non-hydrogen) atoms. The van der Waals surface area contributed by atoms with Crippen molar-refractivity contribution in [3.63, 3.8) is 0 Å². The Morgan fingerprint density at radius 1 is 1.15 bits per heavy atom. The molecule has 0 saturated carbocycles. The van der Waals surface area contributed by atoms with Crippen LogP contribution >= 0.6 is 11.6 Å². The Morgan fingerprint density at radius 2 is 1.81 bits per heavy atom. The van der Waals surface area contributed by atoms with Crippen LogP contribution in [0.25, 0.3) is 10.9 Å². The molecule has 0 aliphatic carbocycles. The predicted molar refractivity (Wildman–Crippen MR) is 90.7 cm³/mol. The van der Waals surface area contributed by atoms with E-state index >= 15 is 0 Å². The number of rotatable bonds is 3. The number of aliphatic carboxylic acids is 1. The van der Waals surface area contributed by atoms with Crippen LogP contribution in [0.5, 0.6) is 5.75 Å². The Hall–Kier alpha value is -3.00. The van der Waals surface area contributed by atoms with Gasteiger partial charge in [-0.3, -0.25) is 14.2 Å². The van der Waals surface area contributed by atoms with Gasteiger partial charge in [-0.15, -0.1) is 0 Å². The number of fused-ring (bicyclic) bond motifs is 1. The molecule has 0 radical (unpaired) electrons. The van der Waals surface area contributed by atoms with E-state index < -0.39 is 46.9 Å². The molecule has 2 N–H and O–H groups in total. The zero-order valence-corrected chi connectivity index (χ0v) is 14.4. The average Bonchev–Trinajstić information content (AvgIpc) is 2.86. The lowest BCUT2D eigenvalue weighted by Crippen LogP contribution is -2.14. The molecular weight excluding hydrogens is 387 g/mol. The summed E-state index contributed by atoms with van der Waals surface area (Å²) in [5, 5.41) is 18.0. The fraction of sp³-hybridized carbons (Fsp3) is 0.111.